The first-order valence-electron chi connectivity index (χ1n) is 6.86. The predicted molar refractivity (Wildman–Crippen MR) is 66.0 cm³/mol. The molecular weight excluding hydrogens is 196 g/mol. The molecule has 3 aliphatic rings. The molecule has 0 aromatic carbocycles. The Hall–Kier alpha value is -0.720. The highest BCUT2D eigenvalue weighted by atomic mass is 16.5. The first kappa shape index (κ1) is 10.4. The van der Waals surface area contributed by atoms with E-state index in [1.165, 1.54) is 57.1 Å². The van der Waals surface area contributed by atoms with Crippen molar-refractivity contribution in [2.24, 2.45) is 11.8 Å². The van der Waals surface area contributed by atoms with Gasteiger partial charge in [-0.3, -0.25) is 0 Å². The molecule has 3 aliphatic carbocycles. The second-order valence-electron chi connectivity index (χ2n) is 5.52. The van der Waals surface area contributed by atoms with Crippen molar-refractivity contribution in [2.45, 2.75) is 51.4 Å². The summed E-state index contributed by atoms with van der Waals surface area (Å²) in [5, 5.41) is 0. The molecule has 16 heavy (non-hydrogen) atoms. The fourth-order valence-corrected chi connectivity index (χ4v) is 3.99. The first-order valence-corrected chi connectivity index (χ1v) is 6.86. The fourth-order valence-electron chi connectivity index (χ4n) is 3.99. The van der Waals surface area contributed by atoms with Crippen LogP contribution in [0, 0.1) is 11.8 Å². The van der Waals surface area contributed by atoms with Crippen LogP contribution in [0.5, 0.6) is 0 Å². The molecule has 0 aromatic heterocycles. The zero-order chi connectivity index (χ0) is 11.0. The number of hydrogen-bond acceptors (Lipinski definition) is 1. The Balaban J connectivity index is 1.94. The average molecular weight is 218 g/mol. The van der Waals surface area contributed by atoms with Gasteiger partial charge in [-0.2, -0.15) is 0 Å². The van der Waals surface area contributed by atoms with E-state index in [1.807, 2.05) is 7.11 Å². The Bertz CT molecular complexity index is 337. The standard InChI is InChI=1S/C15H22O/c1-16-14-8-4-6-12-10-9-11-5-2-3-7-13(11)15(12)14/h8,11,13H,2-7,9-10H2,1H3/t11-,13-/m0/s1. The summed E-state index contributed by atoms with van der Waals surface area (Å²) in [6.45, 7) is 0. The van der Waals surface area contributed by atoms with Gasteiger partial charge in [0.25, 0.3) is 0 Å². The van der Waals surface area contributed by atoms with E-state index in [9.17, 15) is 0 Å². The molecule has 0 unspecified atom stereocenters. The maximum Gasteiger partial charge on any atom is 0.118 e. The van der Waals surface area contributed by atoms with Gasteiger partial charge in [0.05, 0.1) is 7.11 Å². The molecule has 0 heterocycles. The molecule has 0 aromatic rings. The minimum absolute atomic E-state index is 0.837. The molecule has 0 bridgehead atoms. The Morgan fingerprint density at radius 1 is 1.12 bits per heavy atom. The fraction of sp³-hybridized carbons (Fsp3) is 0.733. The van der Waals surface area contributed by atoms with Crippen molar-refractivity contribution in [3.8, 4) is 0 Å². The second-order valence-corrected chi connectivity index (χ2v) is 5.52. The quantitative estimate of drug-likeness (QED) is 0.640. The highest BCUT2D eigenvalue weighted by molar-refractivity contribution is 5.39. The maximum atomic E-state index is 5.61. The molecule has 88 valence electrons. The van der Waals surface area contributed by atoms with Crippen molar-refractivity contribution in [2.75, 3.05) is 7.11 Å². The highest BCUT2D eigenvalue weighted by Gasteiger charge is 2.35. The topological polar surface area (TPSA) is 9.23 Å². The van der Waals surface area contributed by atoms with Crippen LogP contribution in [0.25, 0.3) is 0 Å². The van der Waals surface area contributed by atoms with E-state index in [4.69, 9.17) is 4.74 Å². The van der Waals surface area contributed by atoms with E-state index in [0.717, 1.165) is 11.8 Å². The summed E-state index contributed by atoms with van der Waals surface area (Å²) < 4.78 is 5.61. The molecule has 0 saturated heterocycles. The Morgan fingerprint density at radius 3 is 2.88 bits per heavy atom. The number of hydrogen-bond donors (Lipinski definition) is 0. The van der Waals surface area contributed by atoms with Crippen molar-refractivity contribution in [3.05, 3.63) is 23.0 Å². The smallest absolute Gasteiger partial charge is 0.118 e. The number of allylic oxidation sites excluding steroid dienone is 3. The number of fused-ring (bicyclic) bond motifs is 2. The molecule has 0 radical (unpaired) electrons. The van der Waals surface area contributed by atoms with Crippen LogP contribution in [0.4, 0.5) is 0 Å². The highest BCUT2D eigenvalue weighted by Crippen LogP contribution is 2.48. The van der Waals surface area contributed by atoms with Crippen molar-refractivity contribution in [1.82, 2.24) is 0 Å². The summed E-state index contributed by atoms with van der Waals surface area (Å²) in [4.78, 5) is 0. The summed E-state index contributed by atoms with van der Waals surface area (Å²) in [5.41, 5.74) is 3.35. The third kappa shape index (κ3) is 1.61. The number of ether oxygens (including phenoxy) is 1. The lowest BCUT2D eigenvalue weighted by Gasteiger charge is -2.40. The van der Waals surface area contributed by atoms with Gasteiger partial charge < -0.3 is 4.74 Å². The van der Waals surface area contributed by atoms with Gasteiger partial charge in [0.15, 0.2) is 0 Å². The van der Waals surface area contributed by atoms with Crippen LogP contribution in [0.1, 0.15) is 51.4 Å². The first-order chi connectivity index (χ1) is 7.90. The van der Waals surface area contributed by atoms with Crippen LogP contribution in [0.2, 0.25) is 0 Å². The summed E-state index contributed by atoms with van der Waals surface area (Å²) in [7, 11) is 1.84. The van der Waals surface area contributed by atoms with E-state index >= 15 is 0 Å². The van der Waals surface area contributed by atoms with Crippen LogP contribution in [-0.4, -0.2) is 7.11 Å². The minimum Gasteiger partial charge on any atom is -0.497 e. The zero-order valence-electron chi connectivity index (χ0n) is 10.3. The molecule has 0 aliphatic heterocycles. The summed E-state index contributed by atoms with van der Waals surface area (Å²) in [6.07, 6.45) is 13.3. The average Bonchev–Trinajstić information content (AvgIpc) is 2.37. The van der Waals surface area contributed by atoms with Crippen LogP contribution < -0.4 is 0 Å². The van der Waals surface area contributed by atoms with Crippen LogP contribution in [0.15, 0.2) is 23.0 Å². The monoisotopic (exact) mass is 218 g/mol. The van der Waals surface area contributed by atoms with Gasteiger partial charge in [-0.05, 0) is 62.0 Å². The minimum atomic E-state index is 0.837. The SMILES string of the molecule is COC1=CCCC2=C1[C@H]1CCCC[C@H]1CC2. The van der Waals surface area contributed by atoms with Gasteiger partial charge in [-0.15, -0.1) is 0 Å². The van der Waals surface area contributed by atoms with Crippen molar-refractivity contribution < 1.29 is 4.74 Å². The van der Waals surface area contributed by atoms with E-state index in [1.54, 1.807) is 11.1 Å². The Labute approximate surface area is 98.6 Å². The third-order valence-electron chi connectivity index (χ3n) is 4.74. The van der Waals surface area contributed by atoms with Gasteiger partial charge in [-0.25, -0.2) is 0 Å². The molecular formula is C15H22O. The van der Waals surface area contributed by atoms with Crippen LogP contribution in [-0.2, 0) is 4.74 Å². The zero-order valence-corrected chi connectivity index (χ0v) is 10.3. The number of rotatable bonds is 1. The van der Waals surface area contributed by atoms with E-state index in [0.29, 0.717) is 0 Å². The normalized spacial score (nSPS) is 33.9. The lowest BCUT2D eigenvalue weighted by atomic mass is 9.66. The van der Waals surface area contributed by atoms with E-state index in [2.05, 4.69) is 6.08 Å². The molecule has 0 N–H and O–H groups in total. The molecule has 2 atom stereocenters. The van der Waals surface area contributed by atoms with E-state index < -0.39 is 0 Å². The Morgan fingerprint density at radius 2 is 2.00 bits per heavy atom. The van der Waals surface area contributed by atoms with Crippen molar-refractivity contribution >= 4 is 0 Å². The Kier molecular flexibility index (Phi) is 2.79. The number of methoxy groups -OCH3 is 1. The lowest BCUT2D eigenvalue weighted by Crippen LogP contribution is -2.28. The van der Waals surface area contributed by atoms with Gasteiger partial charge in [0.1, 0.15) is 5.76 Å². The summed E-state index contributed by atoms with van der Waals surface area (Å²) >= 11 is 0. The van der Waals surface area contributed by atoms with Crippen molar-refractivity contribution in [1.29, 1.82) is 0 Å². The lowest BCUT2D eigenvalue weighted by molar-refractivity contribution is 0.212. The molecule has 1 saturated carbocycles. The molecule has 1 fully saturated rings. The molecule has 3 rings (SSSR count). The summed E-state index contributed by atoms with van der Waals surface area (Å²) in [6, 6.07) is 0. The van der Waals surface area contributed by atoms with Crippen molar-refractivity contribution in [3.63, 3.8) is 0 Å². The van der Waals surface area contributed by atoms with Gasteiger partial charge in [0.2, 0.25) is 0 Å². The van der Waals surface area contributed by atoms with E-state index in [-0.39, 0.29) is 0 Å². The predicted octanol–water partition coefficient (Wildman–Crippen LogP) is 4.21. The largest absolute Gasteiger partial charge is 0.497 e. The second kappa shape index (κ2) is 4.27. The third-order valence-corrected chi connectivity index (χ3v) is 4.74. The maximum absolute atomic E-state index is 5.61. The summed E-state index contributed by atoms with van der Waals surface area (Å²) in [5.74, 6) is 3.02. The van der Waals surface area contributed by atoms with Gasteiger partial charge >= 0.3 is 0 Å². The van der Waals surface area contributed by atoms with Gasteiger partial charge in [-0.1, -0.05) is 18.4 Å². The van der Waals surface area contributed by atoms with Crippen LogP contribution in [0.3, 0.4) is 0 Å². The molecule has 1 heteroatoms. The molecule has 1 nitrogen and oxygen atoms in total. The molecule has 0 amide bonds. The molecule has 0 spiro atoms. The van der Waals surface area contributed by atoms with Crippen LogP contribution >= 0.6 is 0 Å². The van der Waals surface area contributed by atoms with Gasteiger partial charge in [0, 0.05) is 0 Å².